The van der Waals surface area contributed by atoms with Gasteiger partial charge in [0.2, 0.25) is 11.8 Å². The Morgan fingerprint density at radius 3 is 2.50 bits per heavy atom. The Balaban J connectivity index is 2.19. The molecule has 0 unspecified atom stereocenters. The average Bonchev–Trinajstić information content (AvgIpc) is 2.75. The molecule has 2 amide bonds. The van der Waals surface area contributed by atoms with Crippen LogP contribution in [-0.2, 0) is 23.2 Å². The van der Waals surface area contributed by atoms with Gasteiger partial charge in [0, 0.05) is 13.6 Å². The summed E-state index contributed by atoms with van der Waals surface area (Å²) in [7, 11) is 1.61. The number of aromatic nitrogens is 2. The molecule has 1 aromatic heterocycles. The van der Waals surface area contributed by atoms with E-state index in [-0.39, 0.29) is 37.0 Å². The highest BCUT2D eigenvalue weighted by molar-refractivity contribution is 5.93. The second-order valence-corrected chi connectivity index (χ2v) is 4.59. The van der Waals surface area contributed by atoms with Gasteiger partial charge in [0.15, 0.2) is 0 Å². The number of amides is 2. The van der Waals surface area contributed by atoms with Crippen LogP contribution in [0.25, 0.3) is 0 Å². The monoisotopic (exact) mass is 280 g/mol. The number of carboxylic acid groups (broad SMARTS) is 1. The molecule has 108 valence electrons. The number of hydrogen-bond acceptors (Lipinski definition) is 4. The minimum Gasteiger partial charge on any atom is -0.478 e. The van der Waals surface area contributed by atoms with Crippen molar-refractivity contribution in [3.63, 3.8) is 0 Å². The van der Waals surface area contributed by atoms with E-state index in [1.165, 1.54) is 20.7 Å². The number of carbonyl (C=O) groups excluding carboxylic acids is 2. The smallest absolute Gasteiger partial charge is 0.339 e. The van der Waals surface area contributed by atoms with Crippen molar-refractivity contribution in [1.29, 1.82) is 0 Å². The van der Waals surface area contributed by atoms with E-state index in [0.29, 0.717) is 12.2 Å². The molecular formula is C12H16N4O4. The van der Waals surface area contributed by atoms with E-state index in [9.17, 15) is 14.4 Å². The summed E-state index contributed by atoms with van der Waals surface area (Å²) in [6.45, 7) is 2.38. The van der Waals surface area contributed by atoms with Crippen LogP contribution in [-0.4, -0.2) is 62.1 Å². The lowest BCUT2D eigenvalue weighted by molar-refractivity contribution is -0.150. The summed E-state index contributed by atoms with van der Waals surface area (Å²) in [5.74, 6) is -1.42. The predicted molar refractivity (Wildman–Crippen MR) is 67.8 cm³/mol. The molecule has 1 aliphatic rings. The fourth-order valence-corrected chi connectivity index (χ4v) is 2.14. The predicted octanol–water partition coefficient (Wildman–Crippen LogP) is -0.691. The van der Waals surface area contributed by atoms with Gasteiger partial charge in [0.25, 0.3) is 0 Å². The number of aromatic carboxylic acids is 1. The number of aryl methyl sites for hydroxylation is 1. The zero-order valence-corrected chi connectivity index (χ0v) is 11.4. The van der Waals surface area contributed by atoms with Crippen molar-refractivity contribution in [2.75, 3.05) is 19.6 Å². The molecular weight excluding hydrogens is 264 g/mol. The summed E-state index contributed by atoms with van der Waals surface area (Å²) in [6, 6.07) is 0. The lowest BCUT2D eigenvalue weighted by Gasteiger charge is -2.33. The molecule has 2 rings (SSSR count). The third-order valence-electron chi connectivity index (χ3n) is 3.37. The number of carboxylic acids is 1. The summed E-state index contributed by atoms with van der Waals surface area (Å²) in [6.07, 6.45) is 1.24. The van der Waals surface area contributed by atoms with Crippen LogP contribution in [0.5, 0.6) is 0 Å². The first-order valence-corrected chi connectivity index (χ1v) is 6.23. The van der Waals surface area contributed by atoms with Crippen LogP contribution in [0.15, 0.2) is 6.20 Å². The SMILES string of the molecule is CCN1CC(=O)N(Cc2c(C(=O)O)cnn2C)CC1=O. The van der Waals surface area contributed by atoms with Crippen LogP contribution in [0.4, 0.5) is 0 Å². The highest BCUT2D eigenvalue weighted by Gasteiger charge is 2.30. The quantitative estimate of drug-likeness (QED) is 0.787. The molecule has 0 saturated carbocycles. The summed E-state index contributed by atoms with van der Waals surface area (Å²) in [4.78, 5) is 37.7. The summed E-state index contributed by atoms with van der Waals surface area (Å²) >= 11 is 0. The van der Waals surface area contributed by atoms with E-state index in [2.05, 4.69) is 5.10 Å². The minimum absolute atomic E-state index is 0.0308. The number of rotatable bonds is 4. The summed E-state index contributed by atoms with van der Waals surface area (Å²) < 4.78 is 1.41. The molecule has 0 spiro atoms. The Bertz CT molecular complexity index is 566. The van der Waals surface area contributed by atoms with Gasteiger partial charge in [0.05, 0.1) is 25.0 Å². The van der Waals surface area contributed by atoms with Crippen molar-refractivity contribution in [1.82, 2.24) is 19.6 Å². The average molecular weight is 280 g/mol. The van der Waals surface area contributed by atoms with Gasteiger partial charge in [-0.05, 0) is 6.92 Å². The van der Waals surface area contributed by atoms with Crippen LogP contribution in [0, 0.1) is 0 Å². The highest BCUT2D eigenvalue weighted by Crippen LogP contribution is 2.14. The maximum Gasteiger partial charge on any atom is 0.339 e. The summed E-state index contributed by atoms with van der Waals surface area (Å²) in [5, 5.41) is 13.0. The lowest BCUT2D eigenvalue weighted by atomic mass is 10.2. The molecule has 1 fully saturated rings. The van der Waals surface area contributed by atoms with E-state index in [4.69, 9.17) is 5.11 Å². The number of piperazine rings is 1. The molecule has 1 saturated heterocycles. The second kappa shape index (κ2) is 5.32. The van der Waals surface area contributed by atoms with E-state index in [1.54, 1.807) is 7.05 Å². The van der Waals surface area contributed by atoms with E-state index >= 15 is 0 Å². The zero-order valence-electron chi connectivity index (χ0n) is 11.4. The molecule has 0 aromatic carbocycles. The van der Waals surface area contributed by atoms with Crippen LogP contribution in [0.3, 0.4) is 0 Å². The van der Waals surface area contributed by atoms with Crippen molar-refractivity contribution in [3.05, 3.63) is 17.5 Å². The molecule has 8 nitrogen and oxygen atoms in total. The van der Waals surface area contributed by atoms with Gasteiger partial charge in [-0.1, -0.05) is 0 Å². The first-order valence-electron chi connectivity index (χ1n) is 6.23. The number of hydrogen-bond donors (Lipinski definition) is 1. The van der Waals surface area contributed by atoms with E-state index < -0.39 is 5.97 Å². The Morgan fingerprint density at radius 1 is 1.30 bits per heavy atom. The third-order valence-corrected chi connectivity index (χ3v) is 3.37. The standard InChI is InChI=1S/C12H16N4O4/c1-3-15-6-11(18)16(7-10(15)17)5-9-8(12(19)20)4-13-14(9)2/h4H,3,5-7H2,1-2H3,(H,19,20). The first-order chi connectivity index (χ1) is 9.43. The Morgan fingerprint density at radius 2 is 1.90 bits per heavy atom. The largest absolute Gasteiger partial charge is 0.478 e. The third kappa shape index (κ3) is 2.49. The first kappa shape index (κ1) is 14.0. The molecule has 0 aliphatic carbocycles. The molecule has 8 heteroatoms. The number of nitrogens with zero attached hydrogens (tertiary/aromatic N) is 4. The van der Waals surface area contributed by atoms with Gasteiger partial charge in [-0.3, -0.25) is 14.3 Å². The Hall–Kier alpha value is -2.38. The number of carbonyl (C=O) groups is 3. The van der Waals surface area contributed by atoms with Gasteiger partial charge in [-0.15, -0.1) is 0 Å². The van der Waals surface area contributed by atoms with Gasteiger partial charge in [-0.2, -0.15) is 5.10 Å². The van der Waals surface area contributed by atoms with Crippen molar-refractivity contribution >= 4 is 17.8 Å². The molecule has 20 heavy (non-hydrogen) atoms. The Kier molecular flexibility index (Phi) is 3.73. The topological polar surface area (TPSA) is 95.7 Å². The van der Waals surface area contributed by atoms with Gasteiger partial charge < -0.3 is 14.9 Å². The van der Waals surface area contributed by atoms with Gasteiger partial charge in [0.1, 0.15) is 12.1 Å². The zero-order chi connectivity index (χ0) is 14.9. The minimum atomic E-state index is -1.10. The maximum atomic E-state index is 12.0. The molecule has 1 aromatic rings. The fraction of sp³-hybridized carbons (Fsp3) is 0.500. The summed E-state index contributed by atoms with van der Waals surface area (Å²) in [5.41, 5.74) is 0.453. The maximum absolute atomic E-state index is 12.0. The Labute approximate surface area is 115 Å². The van der Waals surface area contributed by atoms with Crippen LogP contribution in [0.2, 0.25) is 0 Å². The van der Waals surface area contributed by atoms with Crippen LogP contribution < -0.4 is 0 Å². The molecule has 0 atom stereocenters. The lowest BCUT2D eigenvalue weighted by Crippen LogP contribution is -2.53. The fourth-order valence-electron chi connectivity index (χ4n) is 2.14. The molecule has 0 radical (unpaired) electrons. The molecule has 0 bridgehead atoms. The molecule has 1 N–H and O–H groups in total. The van der Waals surface area contributed by atoms with Gasteiger partial charge >= 0.3 is 5.97 Å². The van der Waals surface area contributed by atoms with Crippen molar-refractivity contribution in [2.45, 2.75) is 13.5 Å². The van der Waals surface area contributed by atoms with Crippen molar-refractivity contribution in [2.24, 2.45) is 7.05 Å². The van der Waals surface area contributed by atoms with Crippen LogP contribution in [0.1, 0.15) is 23.0 Å². The molecule has 2 heterocycles. The normalized spacial score (nSPS) is 15.9. The van der Waals surface area contributed by atoms with Crippen molar-refractivity contribution < 1.29 is 19.5 Å². The second-order valence-electron chi connectivity index (χ2n) is 4.59. The number of likely N-dealkylation sites (N-methyl/N-ethyl adjacent to an activating group) is 1. The van der Waals surface area contributed by atoms with E-state index in [0.717, 1.165) is 0 Å². The van der Waals surface area contributed by atoms with E-state index in [1.807, 2.05) is 6.92 Å². The van der Waals surface area contributed by atoms with Crippen molar-refractivity contribution in [3.8, 4) is 0 Å². The van der Waals surface area contributed by atoms with Gasteiger partial charge in [-0.25, -0.2) is 4.79 Å². The molecule has 1 aliphatic heterocycles. The van der Waals surface area contributed by atoms with Crippen LogP contribution >= 0.6 is 0 Å². The highest BCUT2D eigenvalue weighted by atomic mass is 16.4.